The predicted molar refractivity (Wildman–Crippen MR) is 47.1 cm³/mol. The zero-order valence-corrected chi connectivity index (χ0v) is 8.16. The third-order valence-electron chi connectivity index (χ3n) is 2.65. The Morgan fingerprint density at radius 2 is 1.54 bits per heavy atom. The van der Waals surface area contributed by atoms with Crippen molar-refractivity contribution in [3.8, 4) is 0 Å². The van der Waals surface area contributed by atoms with Crippen LogP contribution < -0.4 is 0 Å². The molecular weight excluding hydrogens is 168 g/mol. The van der Waals surface area contributed by atoms with Gasteiger partial charge in [0.15, 0.2) is 11.6 Å². The molecule has 2 atom stereocenters. The van der Waals surface area contributed by atoms with Crippen LogP contribution in [0.5, 0.6) is 0 Å². The summed E-state index contributed by atoms with van der Waals surface area (Å²) in [7, 11) is 0. The first-order valence-corrected chi connectivity index (χ1v) is 4.53. The molecular formula is C10H14O3. The third-order valence-corrected chi connectivity index (χ3v) is 2.65. The Balaban J connectivity index is 2.95. The van der Waals surface area contributed by atoms with Crippen LogP contribution in [-0.4, -0.2) is 17.3 Å². The molecule has 1 aliphatic rings. The number of ketones is 3. The van der Waals surface area contributed by atoms with Gasteiger partial charge in [0.05, 0.1) is 0 Å². The maximum absolute atomic E-state index is 11.5. The van der Waals surface area contributed by atoms with E-state index < -0.39 is 5.92 Å². The van der Waals surface area contributed by atoms with E-state index in [9.17, 15) is 14.4 Å². The Bertz CT molecular complexity index is 247. The maximum atomic E-state index is 11.5. The van der Waals surface area contributed by atoms with Gasteiger partial charge in [0.25, 0.3) is 0 Å². The van der Waals surface area contributed by atoms with Crippen LogP contribution in [0.2, 0.25) is 0 Å². The monoisotopic (exact) mass is 182 g/mol. The Kier molecular flexibility index (Phi) is 2.64. The van der Waals surface area contributed by atoms with Gasteiger partial charge in [0.1, 0.15) is 11.7 Å². The maximum Gasteiger partial charge on any atom is 0.153 e. The molecule has 1 saturated carbocycles. The molecule has 0 spiro atoms. The van der Waals surface area contributed by atoms with Crippen molar-refractivity contribution in [2.24, 2.45) is 17.8 Å². The molecule has 0 N–H and O–H groups in total. The Labute approximate surface area is 77.5 Å². The van der Waals surface area contributed by atoms with Crippen LogP contribution in [0, 0.1) is 17.8 Å². The lowest BCUT2D eigenvalue weighted by molar-refractivity contribution is -0.146. The molecule has 0 amide bonds. The number of carbonyl (C=O) groups is 3. The van der Waals surface area contributed by atoms with E-state index in [1.807, 2.05) is 0 Å². The summed E-state index contributed by atoms with van der Waals surface area (Å²) in [6, 6.07) is 0. The zero-order valence-electron chi connectivity index (χ0n) is 8.16. The minimum Gasteiger partial charge on any atom is -0.299 e. The zero-order chi connectivity index (χ0) is 10.2. The van der Waals surface area contributed by atoms with Gasteiger partial charge in [-0.05, 0) is 13.3 Å². The van der Waals surface area contributed by atoms with E-state index in [-0.39, 0.29) is 29.2 Å². The Hall–Kier alpha value is -0.990. The molecule has 0 aromatic carbocycles. The van der Waals surface area contributed by atoms with Gasteiger partial charge in [-0.25, -0.2) is 0 Å². The fraction of sp³-hybridized carbons (Fsp3) is 0.700. The van der Waals surface area contributed by atoms with Gasteiger partial charge in [-0.2, -0.15) is 0 Å². The van der Waals surface area contributed by atoms with Crippen molar-refractivity contribution >= 4 is 17.3 Å². The quantitative estimate of drug-likeness (QED) is 0.568. The molecule has 1 aliphatic carbocycles. The standard InChI is InChI=1S/C10H14O3/c1-5-4-6(2)10(13)8(7(3)11)9(5)12/h5-6,8H,4H2,1-3H3/t5-,6-/m1/s1. The molecule has 0 unspecified atom stereocenters. The SMILES string of the molecule is CC(=O)C1C(=O)[C@H](C)C[C@@H](C)C1=O. The Morgan fingerprint density at radius 1 is 1.15 bits per heavy atom. The average molecular weight is 182 g/mol. The second kappa shape index (κ2) is 3.40. The van der Waals surface area contributed by atoms with E-state index in [1.165, 1.54) is 6.92 Å². The molecule has 13 heavy (non-hydrogen) atoms. The van der Waals surface area contributed by atoms with Crippen molar-refractivity contribution in [2.75, 3.05) is 0 Å². The molecule has 0 bridgehead atoms. The molecule has 0 aromatic heterocycles. The highest BCUT2D eigenvalue weighted by Gasteiger charge is 2.41. The summed E-state index contributed by atoms with van der Waals surface area (Å²) in [6.07, 6.45) is 0.585. The van der Waals surface area contributed by atoms with Gasteiger partial charge >= 0.3 is 0 Å². The predicted octanol–water partition coefficient (Wildman–Crippen LogP) is 1.01. The first-order valence-electron chi connectivity index (χ1n) is 4.53. The molecule has 3 heteroatoms. The summed E-state index contributed by atoms with van der Waals surface area (Å²) in [5.41, 5.74) is 0. The minimum atomic E-state index is -0.973. The second-order valence-corrected chi connectivity index (χ2v) is 3.89. The number of hydrogen-bond donors (Lipinski definition) is 0. The highest BCUT2D eigenvalue weighted by Crippen LogP contribution is 2.27. The van der Waals surface area contributed by atoms with Crippen LogP contribution in [0.4, 0.5) is 0 Å². The Morgan fingerprint density at radius 3 is 1.85 bits per heavy atom. The molecule has 1 fully saturated rings. The lowest BCUT2D eigenvalue weighted by Crippen LogP contribution is -2.42. The highest BCUT2D eigenvalue weighted by atomic mass is 16.2. The normalized spacial score (nSPS) is 34.8. The summed E-state index contributed by atoms with van der Waals surface area (Å²) in [6.45, 7) is 4.87. The van der Waals surface area contributed by atoms with Gasteiger partial charge in [-0.3, -0.25) is 14.4 Å². The van der Waals surface area contributed by atoms with Crippen LogP contribution in [0.15, 0.2) is 0 Å². The number of hydrogen-bond acceptors (Lipinski definition) is 3. The van der Waals surface area contributed by atoms with Crippen molar-refractivity contribution in [1.82, 2.24) is 0 Å². The molecule has 0 saturated heterocycles. The van der Waals surface area contributed by atoms with Crippen molar-refractivity contribution in [3.05, 3.63) is 0 Å². The second-order valence-electron chi connectivity index (χ2n) is 3.89. The molecule has 0 aliphatic heterocycles. The van der Waals surface area contributed by atoms with E-state index in [2.05, 4.69) is 0 Å². The van der Waals surface area contributed by atoms with E-state index in [4.69, 9.17) is 0 Å². The lowest BCUT2D eigenvalue weighted by atomic mass is 9.73. The fourth-order valence-corrected chi connectivity index (χ4v) is 1.87. The van der Waals surface area contributed by atoms with Gasteiger partial charge in [0.2, 0.25) is 0 Å². The fourth-order valence-electron chi connectivity index (χ4n) is 1.87. The molecule has 0 aromatic rings. The van der Waals surface area contributed by atoms with Crippen LogP contribution >= 0.6 is 0 Å². The van der Waals surface area contributed by atoms with Crippen LogP contribution in [0.1, 0.15) is 27.2 Å². The van der Waals surface area contributed by atoms with Crippen molar-refractivity contribution in [3.63, 3.8) is 0 Å². The molecule has 3 nitrogen and oxygen atoms in total. The molecule has 0 heterocycles. The highest BCUT2D eigenvalue weighted by molar-refractivity contribution is 6.21. The van der Waals surface area contributed by atoms with E-state index >= 15 is 0 Å². The van der Waals surface area contributed by atoms with Gasteiger partial charge in [-0.1, -0.05) is 13.8 Å². The number of Topliss-reactive ketones (excluding diaryl/α,β-unsaturated/α-hetero) is 3. The van der Waals surface area contributed by atoms with Gasteiger partial charge < -0.3 is 0 Å². The summed E-state index contributed by atoms with van der Waals surface area (Å²) >= 11 is 0. The van der Waals surface area contributed by atoms with Crippen LogP contribution in [0.25, 0.3) is 0 Å². The topological polar surface area (TPSA) is 51.2 Å². The van der Waals surface area contributed by atoms with Gasteiger partial charge in [-0.15, -0.1) is 0 Å². The van der Waals surface area contributed by atoms with E-state index in [1.54, 1.807) is 13.8 Å². The largest absolute Gasteiger partial charge is 0.299 e. The number of carbonyl (C=O) groups excluding carboxylic acids is 3. The van der Waals surface area contributed by atoms with Crippen molar-refractivity contribution in [2.45, 2.75) is 27.2 Å². The number of rotatable bonds is 1. The first-order chi connectivity index (χ1) is 5.95. The van der Waals surface area contributed by atoms with E-state index in [0.717, 1.165) is 0 Å². The summed E-state index contributed by atoms with van der Waals surface area (Å²) in [5, 5.41) is 0. The first kappa shape index (κ1) is 10.1. The van der Waals surface area contributed by atoms with Crippen LogP contribution in [-0.2, 0) is 14.4 Å². The van der Waals surface area contributed by atoms with E-state index in [0.29, 0.717) is 6.42 Å². The van der Waals surface area contributed by atoms with Gasteiger partial charge in [0, 0.05) is 11.8 Å². The summed E-state index contributed by atoms with van der Waals surface area (Å²) in [5.74, 6) is -1.98. The molecule has 0 radical (unpaired) electrons. The van der Waals surface area contributed by atoms with Crippen LogP contribution in [0.3, 0.4) is 0 Å². The molecule has 72 valence electrons. The summed E-state index contributed by atoms with van der Waals surface area (Å²) < 4.78 is 0. The van der Waals surface area contributed by atoms with Crippen molar-refractivity contribution < 1.29 is 14.4 Å². The molecule has 1 rings (SSSR count). The summed E-state index contributed by atoms with van der Waals surface area (Å²) in [4.78, 5) is 34.0. The minimum absolute atomic E-state index is 0.151. The average Bonchev–Trinajstić information content (AvgIpc) is 2.01. The lowest BCUT2D eigenvalue weighted by Gasteiger charge is -2.27. The van der Waals surface area contributed by atoms with Crippen molar-refractivity contribution in [1.29, 1.82) is 0 Å². The third kappa shape index (κ3) is 1.69. The smallest absolute Gasteiger partial charge is 0.153 e.